The molecule has 0 fully saturated rings. The average Bonchev–Trinajstić information content (AvgIpc) is 3.53. The number of aromatic nitrogens is 2. The highest BCUT2D eigenvalue weighted by molar-refractivity contribution is 7.99. The molecule has 41 heavy (non-hydrogen) atoms. The number of hydrogen-bond acceptors (Lipinski definition) is 3. The van der Waals surface area contributed by atoms with Crippen LogP contribution < -0.4 is 10.6 Å². The summed E-state index contributed by atoms with van der Waals surface area (Å²) in [7, 11) is 0. The molecule has 6 aromatic rings. The molecule has 2 heterocycles. The Morgan fingerprint density at radius 1 is 0.537 bits per heavy atom. The fraction of sp³-hybridized carbons (Fsp3) is 0.118. The molecule has 0 saturated heterocycles. The van der Waals surface area contributed by atoms with E-state index in [0.29, 0.717) is 13.1 Å². The van der Waals surface area contributed by atoms with Crippen molar-refractivity contribution in [2.45, 2.75) is 36.0 Å². The second-order valence-electron chi connectivity index (χ2n) is 9.94. The van der Waals surface area contributed by atoms with Gasteiger partial charge in [-0.1, -0.05) is 109 Å². The number of aromatic amines is 2. The van der Waals surface area contributed by atoms with Crippen LogP contribution in [0, 0.1) is 0 Å². The van der Waals surface area contributed by atoms with Crippen LogP contribution in [0.25, 0.3) is 21.8 Å². The van der Waals surface area contributed by atoms with Crippen molar-refractivity contribution < 1.29 is 9.59 Å². The molecule has 0 unspecified atom stereocenters. The standard InChI is InChI=1S/C34H30N4O2S/c39-31(35-21-23-11-3-1-4-12-23)19-27-25-15-7-9-17-29(25)37-33(27)41-34-28(26-16-8-10-18-30(26)38-34)20-32(40)36-22-24-13-5-2-6-14-24/h1-18,37-38H,19-22H2,(H,35,39)(H,36,40). The Labute approximate surface area is 242 Å². The molecule has 0 atom stereocenters. The van der Waals surface area contributed by atoms with Gasteiger partial charge in [-0.05, 0) is 23.3 Å². The molecule has 0 saturated carbocycles. The number of carbonyl (C=O) groups is 2. The summed E-state index contributed by atoms with van der Waals surface area (Å²) in [5.74, 6) is -0.0877. The van der Waals surface area contributed by atoms with Gasteiger partial charge in [0.2, 0.25) is 11.8 Å². The largest absolute Gasteiger partial charge is 0.352 e. The number of rotatable bonds is 10. The topological polar surface area (TPSA) is 89.8 Å². The minimum absolute atomic E-state index is 0.0439. The minimum atomic E-state index is -0.0439. The van der Waals surface area contributed by atoms with Crippen LogP contribution in [-0.2, 0) is 35.5 Å². The first-order chi connectivity index (χ1) is 20.1. The maximum Gasteiger partial charge on any atom is 0.224 e. The van der Waals surface area contributed by atoms with Gasteiger partial charge in [0.25, 0.3) is 0 Å². The van der Waals surface area contributed by atoms with Gasteiger partial charge < -0.3 is 20.6 Å². The minimum Gasteiger partial charge on any atom is -0.352 e. The molecule has 0 aliphatic heterocycles. The summed E-state index contributed by atoms with van der Waals surface area (Å²) in [6.07, 6.45) is 0.485. The smallest absolute Gasteiger partial charge is 0.224 e. The number of carbonyl (C=O) groups excluding carboxylic acids is 2. The molecule has 7 heteroatoms. The summed E-state index contributed by atoms with van der Waals surface area (Å²) in [5.41, 5.74) is 5.94. The third-order valence-electron chi connectivity index (χ3n) is 7.09. The zero-order chi connectivity index (χ0) is 28.0. The Bertz CT molecular complexity index is 1680. The quantitative estimate of drug-likeness (QED) is 0.154. The predicted molar refractivity (Wildman–Crippen MR) is 165 cm³/mol. The van der Waals surface area contributed by atoms with Crippen molar-refractivity contribution in [2.24, 2.45) is 0 Å². The Morgan fingerprint density at radius 3 is 1.37 bits per heavy atom. The lowest BCUT2D eigenvalue weighted by Crippen LogP contribution is -2.24. The zero-order valence-electron chi connectivity index (χ0n) is 22.4. The zero-order valence-corrected chi connectivity index (χ0v) is 23.3. The van der Waals surface area contributed by atoms with Crippen molar-refractivity contribution in [2.75, 3.05) is 0 Å². The highest BCUT2D eigenvalue weighted by atomic mass is 32.2. The molecule has 6 rings (SSSR count). The highest BCUT2D eigenvalue weighted by Crippen LogP contribution is 2.38. The summed E-state index contributed by atoms with van der Waals surface area (Å²) < 4.78 is 0. The van der Waals surface area contributed by atoms with Gasteiger partial charge in [-0.2, -0.15) is 0 Å². The lowest BCUT2D eigenvalue weighted by Gasteiger charge is -2.09. The van der Waals surface area contributed by atoms with Gasteiger partial charge in [-0.25, -0.2) is 0 Å². The number of hydrogen-bond donors (Lipinski definition) is 4. The number of nitrogens with one attached hydrogen (secondary N) is 4. The highest BCUT2D eigenvalue weighted by Gasteiger charge is 2.20. The van der Waals surface area contributed by atoms with Gasteiger partial charge in [0, 0.05) is 46.0 Å². The monoisotopic (exact) mass is 558 g/mol. The van der Waals surface area contributed by atoms with Gasteiger partial charge in [-0.15, -0.1) is 0 Å². The molecular weight excluding hydrogens is 528 g/mol. The van der Waals surface area contributed by atoms with Gasteiger partial charge in [0.15, 0.2) is 0 Å². The molecular formula is C34H30N4O2S. The molecule has 204 valence electrons. The van der Waals surface area contributed by atoms with Gasteiger partial charge in [0.05, 0.1) is 22.9 Å². The fourth-order valence-electron chi connectivity index (χ4n) is 5.02. The molecule has 0 radical (unpaired) electrons. The summed E-state index contributed by atoms with van der Waals surface area (Å²) in [6.45, 7) is 0.962. The Morgan fingerprint density at radius 2 is 0.927 bits per heavy atom. The van der Waals surface area contributed by atoms with Crippen LogP contribution >= 0.6 is 11.8 Å². The Balaban J connectivity index is 1.26. The molecule has 0 spiro atoms. The average molecular weight is 559 g/mol. The van der Waals surface area contributed by atoms with Crippen molar-refractivity contribution in [3.63, 3.8) is 0 Å². The van der Waals surface area contributed by atoms with E-state index >= 15 is 0 Å². The molecule has 0 aliphatic rings. The third-order valence-corrected chi connectivity index (χ3v) is 8.20. The maximum atomic E-state index is 13.1. The maximum absolute atomic E-state index is 13.1. The van der Waals surface area contributed by atoms with Crippen molar-refractivity contribution in [1.29, 1.82) is 0 Å². The second-order valence-corrected chi connectivity index (χ2v) is 11.0. The van der Waals surface area contributed by atoms with Gasteiger partial charge >= 0.3 is 0 Å². The fourth-order valence-corrected chi connectivity index (χ4v) is 6.15. The van der Waals surface area contributed by atoms with Crippen molar-refractivity contribution >= 4 is 45.4 Å². The van der Waals surface area contributed by atoms with Crippen LogP contribution in [0.4, 0.5) is 0 Å². The summed E-state index contributed by atoms with van der Waals surface area (Å²) >= 11 is 1.53. The normalized spacial score (nSPS) is 11.1. The first-order valence-corrected chi connectivity index (χ1v) is 14.4. The molecule has 4 aromatic carbocycles. The van der Waals surface area contributed by atoms with Gasteiger partial charge in [-0.3, -0.25) is 9.59 Å². The molecule has 2 aromatic heterocycles. The lowest BCUT2D eigenvalue weighted by atomic mass is 10.1. The van der Waals surface area contributed by atoms with E-state index < -0.39 is 0 Å². The number of para-hydroxylation sites is 2. The number of H-pyrrole nitrogens is 2. The Hall–Kier alpha value is -4.75. The predicted octanol–water partition coefficient (Wildman–Crippen LogP) is 6.52. The van der Waals surface area contributed by atoms with Gasteiger partial charge in [0.1, 0.15) is 0 Å². The third kappa shape index (κ3) is 6.21. The number of amides is 2. The van der Waals surface area contributed by atoms with Crippen molar-refractivity contribution in [3.8, 4) is 0 Å². The first kappa shape index (κ1) is 26.5. The second kappa shape index (κ2) is 12.2. The van der Waals surface area contributed by atoms with E-state index in [9.17, 15) is 9.59 Å². The first-order valence-electron chi connectivity index (χ1n) is 13.6. The van der Waals surface area contributed by atoms with E-state index in [1.165, 1.54) is 11.8 Å². The SMILES string of the molecule is O=C(Cc1c(Sc2[nH]c3ccccc3c2CC(=O)NCc2ccccc2)[nH]c2ccccc12)NCc1ccccc1. The van der Waals surface area contributed by atoms with E-state index in [4.69, 9.17) is 0 Å². The Kier molecular flexibility index (Phi) is 7.87. The van der Waals surface area contributed by atoms with E-state index in [0.717, 1.165) is 54.1 Å². The van der Waals surface area contributed by atoms with Crippen LogP contribution in [0.3, 0.4) is 0 Å². The summed E-state index contributed by atoms with van der Waals surface area (Å²) in [5, 5.41) is 9.92. The summed E-state index contributed by atoms with van der Waals surface area (Å²) in [4.78, 5) is 33.2. The van der Waals surface area contributed by atoms with E-state index in [-0.39, 0.29) is 24.7 Å². The van der Waals surface area contributed by atoms with Crippen LogP contribution in [0.1, 0.15) is 22.3 Å². The van der Waals surface area contributed by atoms with Crippen LogP contribution in [0.2, 0.25) is 0 Å². The molecule has 6 nitrogen and oxygen atoms in total. The number of fused-ring (bicyclic) bond motifs is 2. The molecule has 2 amide bonds. The van der Waals surface area contributed by atoms with E-state index in [1.807, 2.05) is 109 Å². The van der Waals surface area contributed by atoms with Crippen LogP contribution in [-0.4, -0.2) is 21.8 Å². The van der Waals surface area contributed by atoms with Crippen molar-refractivity contribution in [3.05, 3.63) is 131 Å². The number of benzene rings is 4. The molecule has 4 N–H and O–H groups in total. The van der Waals surface area contributed by atoms with Crippen LogP contribution in [0.15, 0.2) is 119 Å². The lowest BCUT2D eigenvalue weighted by molar-refractivity contribution is -0.121. The summed E-state index contributed by atoms with van der Waals surface area (Å²) in [6, 6.07) is 35.9. The molecule has 0 bridgehead atoms. The van der Waals surface area contributed by atoms with E-state index in [1.54, 1.807) is 0 Å². The van der Waals surface area contributed by atoms with Crippen LogP contribution in [0.5, 0.6) is 0 Å². The van der Waals surface area contributed by atoms with E-state index in [2.05, 4.69) is 20.6 Å². The van der Waals surface area contributed by atoms with Crippen molar-refractivity contribution in [1.82, 2.24) is 20.6 Å². The molecule has 0 aliphatic carbocycles.